The Balaban J connectivity index is 1.71. The lowest BCUT2D eigenvalue weighted by molar-refractivity contribution is 0.240. The van der Waals surface area contributed by atoms with Gasteiger partial charge in [-0.25, -0.2) is 4.79 Å². The molecule has 5 nitrogen and oxygen atoms in total. The van der Waals surface area contributed by atoms with E-state index in [1.165, 1.54) is 0 Å². The van der Waals surface area contributed by atoms with Crippen molar-refractivity contribution in [1.82, 2.24) is 15.7 Å². The molecular weight excluding hydrogens is 300 g/mol. The van der Waals surface area contributed by atoms with Crippen molar-refractivity contribution in [3.8, 4) is 0 Å². The number of urea groups is 1. The van der Waals surface area contributed by atoms with Crippen LogP contribution in [0.4, 0.5) is 10.5 Å². The number of amides is 2. The first-order chi connectivity index (χ1) is 11.8. The van der Waals surface area contributed by atoms with E-state index in [9.17, 15) is 4.79 Å². The number of anilines is 1. The molecule has 0 atom stereocenters. The summed E-state index contributed by atoms with van der Waals surface area (Å²) in [7, 11) is 0. The number of nitrogens with zero attached hydrogens (tertiary/aromatic N) is 1. The lowest BCUT2D eigenvalue weighted by Gasteiger charge is -2.20. The summed E-state index contributed by atoms with van der Waals surface area (Å²) in [5, 5.41) is 2.99. The Hall–Kier alpha value is -3.34. The maximum absolute atomic E-state index is 12.3. The molecule has 0 fully saturated rings. The molecular formula is C19H18N4O. The van der Waals surface area contributed by atoms with E-state index in [0.29, 0.717) is 0 Å². The molecule has 0 bridgehead atoms. The first kappa shape index (κ1) is 15.6. The molecule has 3 rings (SSSR count). The third kappa shape index (κ3) is 4.10. The highest BCUT2D eigenvalue weighted by Gasteiger charge is 2.16. The quantitative estimate of drug-likeness (QED) is 0.631. The van der Waals surface area contributed by atoms with E-state index < -0.39 is 0 Å². The summed E-state index contributed by atoms with van der Waals surface area (Å²) < 4.78 is 0. The van der Waals surface area contributed by atoms with Crippen molar-refractivity contribution < 1.29 is 4.79 Å². The number of benzene rings is 2. The molecule has 0 spiro atoms. The van der Waals surface area contributed by atoms with E-state index in [0.717, 1.165) is 16.8 Å². The highest BCUT2D eigenvalue weighted by molar-refractivity contribution is 5.76. The van der Waals surface area contributed by atoms with Gasteiger partial charge in [0.1, 0.15) is 0 Å². The molecule has 24 heavy (non-hydrogen) atoms. The van der Waals surface area contributed by atoms with Crippen LogP contribution in [0.2, 0.25) is 0 Å². The zero-order chi connectivity index (χ0) is 16.6. The second kappa shape index (κ2) is 7.78. The van der Waals surface area contributed by atoms with Crippen LogP contribution in [0.5, 0.6) is 0 Å². The standard InChI is InChI=1S/C19H18N4O/c24-19(23-22-17-11-13-20-14-12-17)21-18(15-7-3-1-4-8-15)16-9-5-2-6-10-16/h1-14,18H,(H,20,22)(H2,21,23,24). The Morgan fingerprint density at radius 1 is 0.792 bits per heavy atom. The van der Waals surface area contributed by atoms with Crippen molar-refractivity contribution in [2.45, 2.75) is 6.04 Å². The third-order valence-corrected chi connectivity index (χ3v) is 3.54. The van der Waals surface area contributed by atoms with Crippen LogP contribution in [0.15, 0.2) is 85.2 Å². The molecule has 0 aliphatic heterocycles. The van der Waals surface area contributed by atoms with Gasteiger partial charge < -0.3 is 5.32 Å². The molecule has 2 aromatic carbocycles. The molecule has 0 saturated carbocycles. The van der Waals surface area contributed by atoms with Gasteiger partial charge in [0, 0.05) is 12.4 Å². The topological polar surface area (TPSA) is 66.0 Å². The number of hydrazine groups is 1. The fourth-order valence-electron chi connectivity index (χ4n) is 2.38. The number of aromatic nitrogens is 1. The second-order valence-corrected chi connectivity index (χ2v) is 5.21. The molecule has 0 aliphatic carbocycles. The number of hydrogen-bond donors (Lipinski definition) is 3. The van der Waals surface area contributed by atoms with Crippen molar-refractivity contribution in [3.05, 3.63) is 96.3 Å². The summed E-state index contributed by atoms with van der Waals surface area (Å²) in [5.41, 5.74) is 8.28. The fraction of sp³-hybridized carbons (Fsp3) is 0.0526. The Kier molecular flexibility index (Phi) is 5.04. The van der Waals surface area contributed by atoms with E-state index >= 15 is 0 Å². The molecule has 2 amide bonds. The number of carbonyl (C=O) groups excluding carboxylic acids is 1. The maximum atomic E-state index is 12.3. The first-order valence-corrected chi connectivity index (χ1v) is 7.65. The fourth-order valence-corrected chi connectivity index (χ4v) is 2.38. The van der Waals surface area contributed by atoms with E-state index in [-0.39, 0.29) is 12.1 Å². The van der Waals surface area contributed by atoms with E-state index in [1.54, 1.807) is 24.5 Å². The molecule has 0 saturated heterocycles. The molecule has 1 aromatic heterocycles. The zero-order valence-electron chi connectivity index (χ0n) is 13.0. The number of hydrogen-bond acceptors (Lipinski definition) is 3. The number of nitrogens with one attached hydrogen (secondary N) is 3. The van der Waals surface area contributed by atoms with Gasteiger partial charge in [0.25, 0.3) is 0 Å². The van der Waals surface area contributed by atoms with Crippen LogP contribution >= 0.6 is 0 Å². The average Bonchev–Trinajstić information content (AvgIpc) is 2.67. The number of rotatable bonds is 5. The Bertz CT molecular complexity index is 724. The van der Waals surface area contributed by atoms with Crippen molar-refractivity contribution in [2.75, 3.05) is 5.43 Å². The van der Waals surface area contributed by atoms with Crippen LogP contribution in [0.25, 0.3) is 0 Å². The minimum Gasteiger partial charge on any atom is -0.326 e. The third-order valence-electron chi connectivity index (χ3n) is 3.54. The van der Waals surface area contributed by atoms with Crippen LogP contribution in [-0.2, 0) is 0 Å². The second-order valence-electron chi connectivity index (χ2n) is 5.21. The maximum Gasteiger partial charge on any atom is 0.334 e. The summed E-state index contributed by atoms with van der Waals surface area (Å²) in [6.07, 6.45) is 3.30. The summed E-state index contributed by atoms with van der Waals surface area (Å²) in [5.74, 6) is 0. The predicted molar refractivity (Wildman–Crippen MR) is 94.3 cm³/mol. The molecule has 1 heterocycles. The van der Waals surface area contributed by atoms with Gasteiger partial charge in [0.05, 0.1) is 11.7 Å². The van der Waals surface area contributed by atoms with E-state index in [2.05, 4.69) is 21.2 Å². The number of pyridine rings is 1. The van der Waals surface area contributed by atoms with Crippen LogP contribution in [0.1, 0.15) is 17.2 Å². The van der Waals surface area contributed by atoms with Crippen LogP contribution in [-0.4, -0.2) is 11.0 Å². The first-order valence-electron chi connectivity index (χ1n) is 7.65. The van der Waals surface area contributed by atoms with Gasteiger partial charge >= 0.3 is 6.03 Å². The molecule has 120 valence electrons. The minimum atomic E-state index is -0.315. The summed E-state index contributed by atoms with van der Waals surface area (Å²) in [4.78, 5) is 16.2. The normalized spacial score (nSPS) is 10.2. The van der Waals surface area contributed by atoms with Crippen LogP contribution < -0.4 is 16.2 Å². The minimum absolute atomic E-state index is 0.230. The highest BCUT2D eigenvalue weighted by atomic mass is 16.2. The Labute approximate surface area is 140 Å². The molecule has 0 unspecified atom stereocenters. The largest absolute Gasteiger partial charge is 0.334 e. The van der Waals surface area contributed by atoms with Crippen molar-refractivity contribution in [2.24, 2.45) is 0 Å². The van der Waals surface area contributed by atoms with Gasteiger partial charge in [-0.1, -0.05) is 60.7 Å². The van der Waals surface area contributed by atoms with Gasteiger partial charge in [-0.05, 0) is 23.3 Å². The number of carbonyl (C=O) groups is 1. The van der Waals surface area contributed by atoms with E-state index in [4.69, 9.17) is 0 Å². The lowest BCUT2D eigenvalue weighted by atomic mass is 9.99. The smallest absolute Gasteiger partial charge is 0.326 e. The Morgan fingerprint density at radius 2 is 1.33 bits per heavy atom. The highest BCUT2D eigenvalue weighted by Crippen LogP contribution is 2.21. The van der Waals surface area contributed by atoms with Gasteiger partial charge in [-0.15, -0.1) is 0 Å². The monoisotopic (exact) mass is 318 g/mol. The zero-order valence-corrected chi connectivity index (χ0v) is 13.0. The summed E-state index contributed by atoms with van der Waals surface area (Å²) in [6.45, 7) is 0. The van der Waals surface area contributed by atoms with Gasteiger partial charge in [0.15, 0.2) is 0 Å². The van der Waals surface area contributed by atoms with Gasteiger partial charge in [-0.2, -0.15) is 0 Å². The summed E-state index contributed by atoms with van der Waals surface area (Å²) in [6, 6.07) is 22.7. The van der Waals surface area contributed by atoms with Crippen LogP contribution in [0, 0.1) is 0 Å². The molecule has 0 aliphatic rings. The molecule has 0 radical (unpaired) electrons. The van der Waals surface area contributed by atoms with Gasteiger partial charge in [0.2, 0.25) is 0 Å². The van der Waals surface area contributed by atoms with Gasteiger partial charge in [-0.3, -0.25) is 15.8 Å². The molecule has 3 aromatic rings. The SMILES string of the molecule is O=C(NNc1ccncc1)NC(c1ccccc1)c1ccccc1. The average molecular weight is 318 g/mol. The molecule has 5 heteroatoms. The Morgan fingerprint density at radius 3 is 1.88 bits per heavy atom. The van der Waals surface area contributed by atoms with Crippen molar-refractivity contribution in [1.29, 1.82) is 0 Å². The summed E-state index contributed by atoms with van der Waals surface area (Å²) >= 11 is 0. The lowest BCUT2D eigenvalue weighted by Crippen LogP contribution is -2.41. The van der Waals surface area contributed by atoms with E-state index in [1.807, 2.05) is 60.7 Å². The van der Waals surface area contributed by atoms with Crippen molar-refractivity contribution in [3.63, 3.8) is 0 Å². The van der Waals surface area contributed by atoms with Crippen LogP contribution in [0.3, 0.4) is 0 Å². The molecule has 3 N–H and O–H groups in total. The predicted octanol–water partition coefficient (Wildman–Crippen LogP) is 3.50. The van der Waals surface area contributed by atoms with Crippen molar-refractivity contribution >= 4 is 11.7 Å².